The summed E-state index contributed by atoms with van der Waals surface area (Å²) < 4.78 is 0. The minimum absolute atomic E-state index is 0.136. The van der Waals surface area contributed by atoms with Crippen LogP contribution in [0, 0.1) is 0 Å². The van der Waals surface area contributed by atoms with Crippen molar-refractivity contribution in [2.24, 2.45) is 5.16 Å². The van der Waals surface area contributed by atoms with E-state index < -0.39 is 12.0 Å². The summed E-state index contributed by atoms with van der Waals surface area (Å²) >= 11 is 12.1. The van der Waals surface area contributed by atoms with Gasteiger partial charge in [0.05, 0.1) is 28.2 Å². The standard InChI is InChI=1S/C29H27Cl2N3O3/c30-24-14-11-19(15-25(24)31)18-37-33-23-16-26(28(35)32-22-12-13-22)34(17-23)29(36)27(20-7-3-1-4-8-20)21-9-5-2-6-10-21/h1-11,14-15,22,26-27H,12-13,16-18H2,(H,32,35)/b33-23+/t26-/m0/s1. The topological polar surface area (TPSA) is 71.0 Å². The van der Waals surface area contributed by atoms with Crippen LogP contribution in [0.1, 0.15) is 41.9 Å². The lowest BCUT2D eigenvalue weighted by Gasteiger charge is -2.28. The quantitative estimate of drug-likeness (QED) is 0.383. The van der Waals surface area contributed by atoms with Crippen LogP contribution in [-0.4, -0.2) is 41.1 Å². The SMILES string of the molecule is O=C(NC1CC1)[C@@H]1C/C(=N\OCc2ccc(Cl)c(Cl)c2)CN1C(=O)C(c1ccccc1)c1ccccc1. The van der Waals surface area contributed by atoms with E-state index in [2.05, 4.69) is 10.5 Å². The fourth-order valence-electron chi connectivity index (χ4n) is 4.52. The van der Waals surface area contributed by atoms with Gasteiger partial charge in [-0.2, -0.15) is 0 Å². The van der Waals surface area contributed by atoms with E-state index in [1.807, 2.05) is 66.7 Å². The molecule has 1 atom stereocenters. The van der Waals surface area contributed by atoms with Gasteiger partial charge in [0.15, 0.2) is 0 Å². The summed E-state index contributed by atoms with van der Waals surface area (Å²) in [6.07, 6.45) is 2.26. The number of amides is 2. The highest BCUT2D eigenvalue weighted by Crippen LogP contribution is 2.31. The summed E-state index contributed by atoms with van der Waals surface area (Å²) in [6, 6.07) is 24.1. The third-order valence-electron chi connectivity index (χ3n) is 6.59. The van der Waals surface area contributed by atoms with Gasteiger partial charge in [-0.05, 0) is 41.7 Å². The Morgan fingerprint density at radius 1 is 0.946 bits per heavy atom. The average Bonchev–Trinajstić information content (AvgIpc) is 3.62. The van der Waals surface area contributed by atoms with Gasteiger partial charge in [-0.15, -0.1) is 0 Å². The maximum atomic E-state index is 14.1. The maximum absolute atomic E-state index is 14.1. The average molecular weight is 536 g/mol. The Morgan fingerprint density at radius 3 is 2.19 bits per heavy atom. The molecule has 0 spiro atoms. The summed E-state index contributed by atoms with van der Waals surface area (Å²) in [5.41, 5.74) is 3.22. The van der Waals surface area contributed by atoms with Crippen LogP contribution in [0.5, 0.6) is 0 Å². The molecular formula is C29H27Cl2N3O3. The number of carbonyl (C=O) groups is 2. The zero-order valence-corrected chi connectivity index (χ0v) is 21.7. The molecule has 0 unspecified atom stereocenters. The number of benzene rings is 3. The summed E-state index contributed by atoms with van der Waals surface area (Å²) in [4.78, 5) is 34.5. The zero-order chi connectivity index (χ0) is 25.8. The molecule has 190 valence electrons. The number of carbonyl (C=O) groups excluding carboxylic acids is 2. The van der Waals surface area contributed by atoms with Gasteiger partial charge in [-0.1, -0.05) is 95.1 Å². The van der Waals surface area contributed by atoms with Crippen LogP contribution >= 0.6 is 23.2 Å². The molecule has 2 fully saturated rings. The van der Waals surface area contributed by atoms with Crippen molar-refractivity contribution in [2.75, 3.05) is 6.54 Å². The van der Waals surface area contributed by atoms with E-state index in [0.717, 1.165) is 29.5 Å². The monoisotopic (exact) mass is 535 g/mol. The van der Waals surface area contributed by atoms with E-state index in [1.54, 1.807) is 17.0 Å². The molecule has 1 aliphatic heterocycles. The van der Waals surface area contributed by atoms with E-state index in [0.29, 0.717) is 22.2 Å². The van der Waals surface area contributed by atoms with Crippen LogP contribution in [-0.2, 0) is 21.0 Å². The lowest BCUT2D eigenvalue weighted by atomic mass is 9.90. The van der Waals surface area contributed by atoms with Crippen LogP contribution < -0.4 is 5.32 Å². The van der Waals surface area contributed by atoms with Gasteiger partial charge >= 0.3 is 0 Å². The van der Waals surface area contributed by atoms with Gasteiger partial charge in [0.2, 0.25) is 11.8 Å². The first kappa shape index (κ1) is 25.3. The number of hydrogen-bond donors (Lipinski definition) is 1. The molecule has 6 nitrogen and oxygen atoms in total. The Balaban J connectivity index is 1.38. The fraction of sp³-hybridized carbons (Fsp3) is 0.276. The van der Waals surface area contributed by atoms with Gasteiger partial charge < -0.3 is 15.1 Å². The van der Waals surface area contributed by atoms with Crippen molar-refractivity contribution in [3.63, 3.8) is 0 Å². The second-order valence-electron chi connectivity index (χ2n) is 9.40. The molecule has 1 aliphatic carbocycles. The maximum Gasteiger partial charge on any atom is 0.243 e. The second-order valence-corrected chi connectivity index (χ2v) is 10.2. The highest BCUT2D eigenvalue weighted by Gasteiger charge is 2.42. The molecule has 1 heterocycles. The minimum Gasteiger partial charge on any atom is -0.391 e. The number of halogens is 2. The molecule has 1 saturated heterocycles. The molecule has 2 amide bonds. The van der Waals surface area contributed by atoms with Gasteiger partial charge in [0.25, 0.3) is 0 Å². The number of nitrogens with one attached hydrogen (secondary N) is 1. The Kier molecular flexibility index (Phi) is 7.77. The predicted octanol–water partition coefficient (Wildman–Crippen LogP) is 5.58. The van der Waals surface area contributed by atoms with Gasteiger partial charge in [-0.3, -0.25) is 9.59 Å². The van der Waals surface area contributed by atoms with Crippen LogP contribution in [0.25, 0.3) is 0 Å². The first-order valence-electron chi connectivity index (χ1n) is 12.3. The van der Waals surface area contributed by atoms with E-state index in [4.69, 9.17) is 28.0 Å². The van der Waals surface area contributed by atoms with Gasteiger partial charge in [0, 0.05) is 12.5 Å². The molecule has 3 aromatic rings. The molecule has 5 rings (SSSR count). The van der Waals surface area contributed by atoms with E-state index in [1.165, 1.54) is 0 Å². The smallest absolute Gasteiger partial charge is 0.243 e. The van der Waals surface area contributed by atoms with Crippen molar-refractivity contribution in [1.82, 2.24) is 10.2 Å². The highest BCUT2D eigenvalue weighted by molar-refractivity contribution is 6.42. The Morgan fingerprint density at radius 2 is 1.59 bits per heavy atom. The van der Waals surface area contributed by atoms with E-state index in [-0.39, 0.29) is 31.0 Å². The largest absolute Gasteiger partial charge is 0.391 e. The minimum atomic E-state index is -0.643. The Labute approximate surface area is 226 Å². The molecule has 8 heteroatoms. The van der Waals surface area contributed by atoms with Gasteiger partial charge in [-0.25, -0.2) is 0 Å². The molecule has 1 N–H and O–H groups in total. The number of rotatable bonds is 8. The Bertz CT molecular complexity index is 1260. The summed E-state index contributed by atoms with van der Waals surface area (Å²) in [5.74, 6) is -0.816. The zero-order valence-electron chi connectivity index (χ0n) is 20.1. The lowest BCUT2D eigenvalue weighted by molar-refractivity contribution is -0.138. The van der Waals surface area contributed by atoms with E-state index >= 15 is 0 Å². The van der Waals surface area contributed by atoms with Crippen molar-refractivity contribution < 1.29 is 14.4 Å². The van der Waals surface area contributed by atoms with Crippen molar-refractivity contribution in [3.8, 4) is 0 Å². The van der Waals surface area contributed by atoms with Gasteiger partial charge in [0.1, 0.15) is 12.6 Å². The van der Waals surface area contributed by atoms with Crippen molar-refractivity contribution in [3.05, 3.63) is 106 Å². The fourth-order valence-corrected chi connectivity index (χ4v) is 4.84. The molecular weight excluding hydrogens is 509 g/mol. The first-order valence-corrected chi connectivity index (χ1v) is 13.1. The molecule has 37 heavy (non-hydrogen) atoms. The normalized spacial score (nSPS) is 18.3. The lowest BCUT2D eigenvalue weighted by Crippen LogP contribution is -2.48. The third-order valence-corrected chi connectivity index (χ3v) is 7.33. The van der Waals surface area contributed by atoms with E-state index in [9.17, 15) is 9.59 Å². The number of nitrogens with zero attached hydrogens (tertiary/aromatic N) is 2. The summed E-state index contributed by atoms with van der Waals surface area (Å²) in [5, 5.41) is 8.27. The number of hydrogen-bond acceptors (Lipinski definition) is 4. The number of oxime groups is 1. The molecule has 0 aromatic heterocycles. The molecule has 1 saturated carbocycles. The summed E-state index contributed by atoms with van der Waals surface area (Å²) in [6.45, 7) is 0.420. The Hall–Kier alpha value is -3.35. The van der Waals surface area contributed by atoms with Crippen molar-refractivity contribution in [1.29, 1.82) is 0 Å². The first-order chi connectivity index (χ1) is 18.0. The highest BCUT2D eigenvalue weighted by atomic mass is 35.5. The molecule has 3 aromatic carbocycles. The molecule has 0 bridgehead atoms. The van der Waals surface area contributed by atoms with Crippen molar-refractivity contribution >= 4 is 40.7 Å². The van der Waals surface area contributed by atoms with Crippen molar-refractivity contribution in [2.45, 2.75) is 43.9 Å². The van der Waals surface area contributed by atoms with Crippen LogP contribution in [0.3, 0.4) is 0 Å². The second kappa shape index (κ2) is 11.4. The predicted molar refractivity (Wildman–Crippen MR) is 145 cm³/mol. The summed E-state index contributed by atoms with van der Waals surface area (Å²) in [7, 11) is 0. The third kappa shape index (κ3) is 6.14. The van der Waals surface area contributed by atoms with Crippen LogP contribution in [0.2, 0.25) is 10.0 Å². The number of likely N-dealkylation sites (tertiary alicyclic amines) is 1. The van der Waals surface area contributed by atoms with Crippen LogP contribution in [0.4, 0.5) is 0 Å². The molecule has 2 aliphatic rings. The molecule has 0 radical (unpaired) electrons. The van der Waals surface area contributed by atoms with Crippen LogP contribution in [0.15, 0.2) is 84.0 Å².